The van der Waals surface area contributed by atoms with Gasteiger partial charge in [-0.1, -0.05) is 65.1 Å². The quantitative estimate of drug-likeness (QED) is 0.133. The molecule has 10 heteroatoms. The highest BCUT2D eigenvalue weighted by molar-refractivity contribution is 8.00. The van der Waals surface area contributed by atoms with Crippen LogP contribution in [0.2, 0.25) is 15.1 Å². The monoisotopic (exact) mass is 609 g/mol. The summed E-state index contributed by atoms with van der Waals surface area (Å²) >= 11 is 19.6. The number of thioether (sulfide) groups is 1. The molecule has 0 saturated carbocycles. The van der Waals surface area contributed by atoms with Crippen LogP contribution in [0.1, 0.15) is 15.9 Å². The van der Waals surface area contributed by atoms with Crippen LogP contribution in [0.25, 0.3) is 6.08 Å². The van der Waals surface area contributed by atoms with Gasteiger partial charge in [0.05, 0.1) is 5.75 Å². The van der Waals surface area contributed by atoms with Crippen LogP contribution in [0.3, 0.4) is 0 Å². The third-order valence-corrected chi connectivity index (χ3v) is 7.19. The van der Waals surface area contributed by atoms with Crippen LogP contribution in [0, 0.1) is 0 Å². The van der Waals surface area contributed by atoms with Crippen LogP contribution in [-0.4, -0.2) is 23.5 Å². The van der Waals surface area contributed by atoms with E-state index in [4.69, 9.17) is 34.8 Å². The first kappa shape index (κ1) is 29.2. The van der Waals surface area contributed by atoms with E-state index in [1.54, 1.807) is 97.1 Å². The SMILES string of the molecule is O=C(CSc1ccc(NC(=O)/C(=C/c2ccc(Cl)cc2Cl)NC(=O)c2ccccc2)cc1)Nc1cccc(Cl)c1. The van der Waals surface area contributed by atoms with Gasteiger partial charge in [0.2, 0.25) is 5.91 Å². The van der Waals surface area contributed by atoms with Crippen molar-refractivity contribution in [1.29, 1.82) is 0 Å². The molecule has 3 N–H and O–H groups in total. The van der Waals surface area contributed by atoms with E-state index < -0.39 is 11.8 Å². The van der Waals surface area contributed by atoms with Gasteiger partial charge in [-0.15, -0.1) is 11.8 Å². The summed E-state index contributed by atoms with van der Waals surface area (Å²) in [6, 6.07) is 27.3. The van der Waals surface area contributed by atoms with E-state index >= 15 is 0 Å². The summed E-state index contributed by atoms with van der Waals surface area (Å²) in [5, 5.41) is 9.57. The van der Waals surface area contributed by atoms with Gasteiger partial charge in [-0.05, 0) is 78.4 Å². The van der Waals surface area contributed by atoms with E-state index in [1.165, 1.54) is 17.8 Å². The second-order valence-electron chi connectivity index (χ2n) is 8.37. The third kappa shape index (κ3) is 8.63. The summed E-state index contributed by atoms with van der Waals surface area (Å²) < 4.78 is 0. The summed E-state index contributed by atoms with van der Waals surface area (Å²) in [6.45, 7) is 0. The normalized spacial score (nSPS) is 11.0. The van der Waals surface area contributed by atoms with E-state index in [2.05, 4.69) is 16.0 Å². The lowest BCUT2D eigenvalue weighted by atomic mass is 10.1. The largest absolute Gasteiger partial charge is 0.325 e. The fourth-order valence-electron chi connectivity index (χ4n) is 3.46. The molecule has 0 fully saturated rings. The molecule has 0 atom stereocenters. The standard InChI is InChI=1S/C30H22Cl3N3O3S/c31-21-7-4-8-24(16-21)34-28(37)18-40-25-13-11-23(12-14-25)35-30(39)27(15-20-9-10-22(32)17-26(20)33)36-29(38)19-5-2-1-3-6-19/h1-17H,18H2,(H,34,37)(H,35,39)(H,36,38)/b27-15-. The number of hydrogen-bond acceptors (Lipinski definition) is 4. The zero-order valence-electron chi connectivity index (χ0n) is 20.8. The fraction of sp³-hybridized carbons (Fsp3) is 0.0333. The number of carbonyl (C=O) groups is 3. The van der Waals surface area contributed by atoms with Crippen molar-refractivity contribution in [3.05, 3.63) is 129 Å². The molecular formula is C30H22Cl3N3O3S. The number of halogens is 3. The Balaban J connectivity index is 1.43. The van der Waals surface area contributed by atoms with E-state index in [0.29, 0.717) is 37.6 Å². The minimum atomic E-state index is -0.545. The van der Waals surface area contributed by atoms with Crippen LogP contribution in [0.4, 0.5) is 11.4 Å². The van der Waals surface area contributed by atoms with Gasteiger partial charge in [0.15, 0.2) is 0 Å². The Bertz CT molecular complexity index is 1560. The second kappa shape index (κ2) is 14.1. The Morgan fingerprint density at radius 2 is 1.45 bits per heavy atom. The molecule has 6 nitrogen and oxygen atoms in total. The first-order chi connectivity index (χ1) is 19.3. The van der Waals surface area contributed by atoms with Gasteiger partial charge in [0.1, 0.15) is 5.70 Å². The lowest BCUT2D eigenvalue weighted by molar-refractivity contribution is -0.114. The smallest absolute Gasteiger partial charge is 0.272 e. The Morgan fingerprint density at radius 1 is 0.725 bits per heavy atom. The number of rotatable bonds is 9. The molecule has 3 amide bonds. The minimum Gasteiger partial charge on any atom is -0.325 e. The number of benzene rings is 4. The lowest BCUT2D eigenvalue weighted by Crippen LogP contribution is -2.30. The molecule has 4 aromatic carbocycles. The van der Waals surface area contributed by atoms with Gasteiger partial charge >= 0.3 is 0 Å². The zero-order chi connectivity index (χ0) is 28.5. The highest BCUT2D eigenvalue weighted by Crippen LogP contribution is 2.24. The van der Waals surface area contributed by atoms with Crippen molar-refractivity contribution in [2.24, 2.45) is 0 Å². The van der Waals surface area contributed by atoms with Gasteiger partial charge in [0, 0.05) is 36.9 Å². The number of nitrogens with one attached hydrogen (secondary N) is 3. The molecule has 0 heterocycles. The van der Waals surface area contributed by atoms with Crippen LogP contribution < -0.4 is 16.0 Å². The summed E-state index contributed by atoms with van der Waals surface area (Å²) in [5.74, 6) is -0.973. The van der Waals surface area contributed by atoms with Crippen LogP contribution in [0.5, 0.6) is 0 Å². The fourth-order valence-corrected chi connectivity index (χ4v) is 4.81. The van der Waals surface area contributed by atoms with E-state index in [9.17, 15) is 14.4 Å². The molecule has 4 aromatic rings. The Kier molecular flexibility index (Phi) is 10.3. The summed E-state index contributed by atoms with van der Waals surface area (Å²) in [6.07, 6.45) is 1.48. The molecule has 0 radical (unpaired) electrons. The zero-order valence-corrected chi connectivity index (χ0v) is 23.9. The summed E-state index contributed by atoms with van der Waals surface area (Å²) in [5.41, 5.74) is 2.02. The number of hydrogen-bond donors (Lipinski definition) is 3. The summed E-state index contributed by atoms with van der Waals surface area (Å²) in [4.78, 5) is 39.2. The van der Waals surface area contributed by atoms with Crippen LogP contribution in [0.15, 0.2) is 108 Å². The topological polar surface area (TPSA) is 87.3 Å². The highest BCUT2D eigenvalue weighted by atomic mass is 35.5. The van der Waals surface area contributed by atoms with Crippen molar-refractivity contribution in [3.63, 3.8) is 0 Å². The van der Waals surface area contributed by atoms with Gasteiger partial charge in [-0.3, -0.25) is 14.4 Å². The predicted octanol–water partition coefficient (Wildman–Crippen LogP) is 7.79. The van der Waals surface area contributed by atoms with Gasteiger partial charge in [0.25, 0.3) is 11.8 Å². The van der Waals surface area contributed by atoms with Crippen molar-refractivity contribution in [1.82, 2.24) is 5.32 Å². The third-order valence-electron chi connectivity index (χ3n) is 5.38. The molecule has 0 aliphatic carbocycles. The molecule has 4 rings (SSSR count). The Labute approximate surface area is 250 Å². The first-order valence-electron chi connectivity index (χ1n) is 11.9. The predicted molar refractivity (Wildman–Crippen MR) is 164 cm³/mol. The molecule has 0 saturated heterocycles. The van der Waals surface area contributed by atoms with Crippen molar-refractivity contribution in [2.75, 3.05) is 16.4 Å². The van der Waals surface area contributed by atoms with Crippen LogP contribution >= 0.6 is 46.6 Å². The molecule has 0 spiro atoms. The lowest BCUT2D eigenvalue weighted by Gasteiger charge is -2.12. The van der Waals surface area contributed by atoms with Gasteiger partial charge < -0.3 is 16.0 Å². The minimum absolute atomic E-state index is 0.00536. The van der Waals surface area contributed by atoms with Crippen molar-refractivity contribution < 1.29 is 14.4 Å². The molecule has 0 aliphatic heterocycles. The maximum absolute atomic E-state index is 13.2. The van der Waals surface area contributed by atoms with E-state index in [0.717, 1.165) is 4.90 Å². The number of amides is 3. The van der Waals surface area contributed by atoms with Crippen molar-refractivity contribution in [2.45, 2.75) is 4.90 Å². The molecule has 202 valence electrons. The Hall–Kier alpha value is -3.75. The molecule has 0 bridgehead atoms. The molecule has 0 unspecified atom stereocenters. The average Bonchev–Trinajstić information content (AvgIpc) is 2.94. The first-order valence-corrected chi connectivity index (χ1v) is 14.0. The van der Waals surface area contributed by atoms with Crippen molar-refractivity contribution >= 4 is 81.7 Å². The van der Waals surface area contributed by atoms with Gasteiger partial charge in [-0.2, -0.15) is 0 Å². The summed E-state index contributed by atoms with van der Waals surface area (Å²) in [7, 11) is 0. The van der Waals surface area contributed by atoms with E-state index in [1.807, 2.05) is 0 Å². The maximum Gasteiger partial charge on any atom is 0.272 e. The van der Waals surface area contributed by atoms with E-state index in [-0.39, 0.29) is 17.4 Å². The maximum atomic E-state index is 13.2. The van der Waals surface area contributed by atoms with Crippen molar-refractivity contribution in [3.8, 4) is 0 Å². The van der Waals surface area contributed by atoms with Gasteiger partial charge in [-0.25, -0.2) is 0 Å². The molecule has 0 aromatic heterocycles. The number of anilines is 2. The average molecular weight is 611 g/mol. The Morgan fingerprint density at radius 3 is 2.15 bits per heavy atom. The highest BCUT2D eigenvalue weighted by Gasteiger charge is 2.16. The number of carbonyl (C=O) groups excluding carboxylic acids is 3. The second-order valence-corrected chi connectivity index (χ2v) is 10.7. The molecule has 40 heavy (non-hydrogen) atoms. The van der Waals surface area contributed by atoms with Crippen LogP contribution in [-0.2, 0) is 9.59 Å². The molecular weight excluding hydrogens is 589 g/mol. The molecule has 0 aliphatic rings.